The summed E-state index contributed by atoms with van der Waals surface area (Å²) in [4.78, 5) is 1.47. The van der Waals surface area contributed by atoms with Crippen molar-refractivity contribution in [3.05, 3.63) is 29.3 Å². The lowest BCUT2D eigenvalue weighted by Crippen LogP contribution is -2.32. The summed E-state index contributed by atoms with van der Waals surface area (Å²) in [6.45, 7) is 2.17. The maximum atomic E-state index is 6.36. The highest BCUT2D eigenvalue weighted by Gasteiger charge is 2.47. The molecule has 0 saturated heterocycles. The molecule has 1 heterocycles. The standard InChI is InChI=1S/C13H17NS/c1-9-2-3-10-11(13(14)5-6-13)4-7-15-12(10)8-9/h2-3,8,11H,4-7,14H2,1H3. The van der Waals surface area contributed by atoms with Crippen LogP contribution in [0.5, 0.6) is 0 Å². The first-order valence-corrected chi connectivity index (χ1v) is 6.70. The number of rotatable bonds is 1. The second kappa shape index (κ2) is 3.26. The van der Waals surface area contributed by atoms with Gasteiger partial charge in [0.25, 0.3) is 0 Å². The minimum atomic E-state index is 0.144. The molecule has 15 heavy (non-hydrogen) atoms. The highest BCUT2D eigenvalue weighted by molar-refractivity contribution is 7.99. The van der Waals surface area contributed by atoms with E-state index in [4.69, 9.17) is 5.73 Å². The SMILES string of the molecule is Cc1ccc2c(c1)SCCC2C1(N)CC1. The summed E-state index contributed by atoms with van der Waals surface area (Å²) in [5, 5.41) is 0. The largest absolute Gasteiger partial charge is 0.325 e. The zero-order valence-electron chi connectivity index (χ0n) is 9.12. The molecule has 1 unspecified atom stereocenters. The maximum Gasteiger partial charge on any atom is 0.0225 e. The van der Waals surface area contributed by atoms with Gasteiger partial charge in [-0.2, -0.15) is 0 Å². The maximum absolute atomic E-state index is 6.36. The van der Waals surface area contributed by atoms with Crippen LogP contribution < -0.4 is 5.73 Å². The zero-order chi connectivity index (χ0) is 10.5. The molecule has 2 aliphatic rings. The molecule has 0 amide bonds. The quantitative estimate of drug-likeness (QED) is 0.785. The second-order valence-electron chi connectivity index (χ2n) is 4.96. The fraction of sp³-hybridized carbons (Fsp3) is 0.538. The van der Waals surface area contributed by atoms with Crippen LogP contribution in [-0.4, -0.2) is 11.3 Å². The van der Waals surface area contributed by atoms with E-state index in [1.165, 1.54) is 41.0 Å². The van der Waals surface area contributed by atoms with Gasteiger partial charge < -0.3 is 5.73 Å². The van der Waals surface area contributed by atoms with Crippen molar-refractivity contribution in [1.82, 2.24) is 0 Å². The summed E-state index contributed by atoms with van der Waals surface area (Å²) in [7, 11) is 0. The van der Waals surface area contributed by atoms with E-state index in [1.54, 1.807) is 0 Å². The average Bonchev–Trinajstić information content (AvgIpc) is 2.96. The van der Waals surface area contributed by atoms with Crippen LogP contribution in [0.1, 0.15) is 36.3 Å². The molecule has 2 N–H and O–H groups in total. The predicted molar refractivity (Wildman–Crippen MR) is 65.4 cm³/mol. The number of nitrogens with two attached hydrogens (primary N) is 1. The molecule has 0 aromatic heterocycles. The molecule has 1 aliphatic heterocycles. The van der Waals surface area contributed by atoms with E-state index in [-0.39, 0.29) is 5.54 Å². The van der Waals surface area contributed by atoms with Gasteiger partial charge in [-0.15, -0.1) is 11.8 Å². The van der Waals surface area contributed by atoms with Crippen LogP contribution in [0.3, 0.4) is 0 Å². The summed E-state index contributed by atoms with van der Waals surface area (Å²) in [5.74, 6) is 1.86. The first-order valence-electron chi connectivity index (χ1n) is 5.71. The van der Waals surface area contributed by atoms with Gasteiger partial charge in [0.15, 0.2) is 0 Å². The van der Waals surface area contributed by atoms with E-state index in [0.29, 0.717) is 5.92 Å². The summed E-state index contributed by atoms with van der Waals surface area (Å²) in [6, 6.07) is 6.84. The lowest BCUT2D eigenvalue weighted by molar-refractivity contribution is 0.497. The Bertz CT molecular complexity index is 396. The number of fused-ring (bicyclic) bond motifs is 1. The van der Waals surface area contributed by atoms with Crippen molar-refractivity contribution < 1.29 is 0 Å². The fourth-order valence-electron chi connectivity index (χ4n) is 2.59. The predicted octanol–water partition coefficient (Wildman–Crippen LogP) is 3.07. The first-order chi connectivity index (χ1) is 7.19. The monoisotopic (exact) mass is 219 g/mol. The Morgan fingerprint density at radius 1 is 1.40 bits per heavy atom. The second-order valence-corrected chi connectivity index (χ2v) is 6.10. The van der Waals surface area contributed by atoms with Gasteiger partial charge in [0.05, 0.1) is 0 Å². The van der Waals surface area contributed by atoms with Crippen molar-refractivity contribution in [3.8, 4) is 0 Å². The van der Waals surface area contributed by atoms with E-state index >= 15 is 0 Å². The van der Waals surface area contributed by atoms with Gasteiger partial charge in [-0.1, -0.05) is 17.7 Å². The van der Waals surface area contributed by atoms with Crippen LogP contribution >= 0.6 is 11.8 Å². The molecular weight excluding hydrogens is 202 g/mol. The number of hydrogen-bond donors (Lipinski definition) is 1. The van der Waals surface area contributed by atoms with Gasteiger partial charge in [0.1, 0.15) is 0 Å². The topological polar surface area (TPSA) is 26.0 Å². The van der Waals surface area contributed by atoms with Crippen LogP contribution in [0.2, 0.25) is 0 Å². The Labute approximate surface area is 95.4 Å². The molecule has 1 atom stereocenters. The average molecular weight is 219 g/mol. The van der Waals surface area contributed by atoms with E-state index in [9.17, 15) is 0 Å². The molecule has 0 radical (unpaired) electrons. The van der Waals surface area contributed by atoms with Crippen molar-refractivity contribution in [2.75, 3.05) is 5.75 Å². The Hall–Kier alpha value is -0.470. The Kier molecular flexibility index (Phi) is 2.12. The third-order valence-corrected chi connectivity index (χ3v) is 4.83. The number of hydrogen-bond acceptors (Lipinski definition) is 2. The Morgan fingerprint density at radius 3 is 2.93 bits per heavy atom. The first kappa shape index (κ1) is 9.73. The molecule has 1 nitrogen and oxygen atoms in total. The molecule has 3 rings (SSSR count). The molecule has 1 aliphatic carbocycles. The minimum absolute atomic E-state index is 0.144. The number of benzene rings is 1. The molecule has 0 bridgehead atoms. The van der Waals surface area contributed by atoms with Crippen LogP contribution in [0.15, 0.2) is 23.1 Å². The van der Waals surface area contributed by atoms with Crippen molar-refractivity contribution in [3.63, 3.8) is 0 Å². The van der Waals surface area contributed by atoms with Crippen LogP contribution in [0.4, 0.5) is 0 Å². The van der Waals surface area contributed by atoms with Crippen molar-refractivity contribution >= 4 is 11.8 Å². The number of thioether (sulfide) groups is 1. The summed E-state index contributed by atoms with van der Waals surface area (Å²) < 4.78 is 0. The fourth-order valence-corrected chi connectivity index (χ4v) is 3.81. The summed E-state index contributed by atoms with van der Waals surface area (Å²) >= 11 is 1.99. The van der Waals surface area contributed by atoms with Gasteiger partial charge in [-0.25, -0.2) is 0 Å². The molecule has 2 heteroatoms. The zero-order valence-corrected chi connectivity index (χ0v) is 9.94. The van der Waals surface area contributed by atoms with Crippen LogP contribution in [0.25, 0.3) is 0 Å². The van der Waals surface area contributed by atoms with Crippen molar-refractivity contribution in [2.45, 2.75) is 42.5 Å². The summed E-state index contributed by atoms with van der Waals surface area (Å²) in [6.07, 6.45) is 3.70. The smallest absolute Gasteiger partial charge is 0.0225 e. The Balaban J connectivity index is 2.03. The normalized spacial score (nSPS) is 27.2. The van der Waals surface area contributed by atoms with Crippen molar-refractivity contribution in [2.24, 2.45) is 5.73 Å². The molecule has 1 fully saturated rings. The van der Waals surface area contributed by atoms with Gasteiger partial charge in [0, 0.05) is 16.4 Å². The van der Waals surface area contributed by atoms with Gasteiger partial charge in [-0.05, 0) is 43.6 Å². The third-order valence-electron chi connectivity index (χ3n) is 3.73. The lowest BCUT2D eigenvalue weighted by atomic mass is 9.87. The van der Waals surface area contributed by atoms with Crippen molar-refractivity contribution in [1.29, 1.82) is 0 Å². The molecular formula is C13H17NS. The van der Waals surface area contributed by atoms with Crippen LogP contribution in [-0.2, 0) is 0 Å². The van der Waals surface area contributed by atoms with Gasteiger partial charge in [0.2, 0.25) is 0 Å². The molecule has 1 saturated carbocycles. The lowest BCUT2D eigenvalue weighted by Gasteiger charge is -2.30. The number of aryl methyl sites for hydroxylation is 1. The van der Waals surface area contributed by atoms with E-state index < -0.39 is 0 Å². The molecule has 1 aromatic rings. The third kappa shape index (κ3) is 1.60. The van der Waals surface area contributed by atoms with E-state index in [0.717, 1.165) is 0 Å². The highest BCUT2D eigenvalue weighted by atomic mass is 32.2. The van der Waals surface area contributed by atoms with E-state index in [1.807, 2.05) is 11.8 Å². The van der Waals surface area contributed by atoms with Gasteiger partial charge in [-0.3, -0.25) is 0 Å². The Morgan fingerprint density at radius 2 is 2.20 bits per heavy atom. The highest BCUT2D eigenvalue weighted by Crippen LogP contribution is 2.51. The minimum Gasteiger partial charge on any atom is -0.325 e. The molecule has 80 valence electrons. The van der Waals surface area contributed by atoms with Gasteiger partial charge >= 0.3 is 0 Å². The molecule has 1 aromatic carbocycles. The van der Waals surface area contributed by atoms with E-state index in [2.05, 4.69) is 25.1 Å². The molecule has 0 spiro atoms. The van der Waals surface area contributed by atoms with Crippen LogP contribution in [0, 0.1) is 6.92 Å². The summed E-state index contributed by atoms with van der Waals surface area (Å²) in [5.41, 5.74) is 9.38.